The van der Waals surface area contributed by atoms with Gasteiger partial charge in [0.15, 0.2) is 0 Å². The van der Waals surface area contributed by atoms with Crippen molar-refractivity contribution in [3.63, 3.8) is 0 Å². The molecule has 138 valence electrons. The first-order chi connectivity index (χ1) is 11.8. The number of methoxy groups -OCH3 is 1. The number of aromatic nitrogens is 2. The number of hydrogen-bond donors (Lipinski definition) is 2. The maximum Gasteiger partial charge on any atom is 0.326 e. The van der Waals surface area contributed by atoms with Crippen LogP contribution in [0.15, 0.2) is 32.7 Å². The van der Waals surface area contributed by atoms with E-state index in [1.54, 1.807) is 0 Å². The molecular formula is C16H23N3O5S. The second-order valence-corrected chi connectivity index (χ2v) is 7.59. The minimum atomic E-state index is -3.81. The maximum atomic E-state index is 13.1. The molecule has 2 N–H and O–H groups in total. The molecule has 25 heavy (non-hydrogen) atoms. The van der Waals surface area contributed by atoms with E-state index in [2.05, 4.69) is 9.97 Å². The van der Waals surface area contributed by atoms with Crippen LogP contribution in [0, 0.1) is 0 Å². The van der Waals surface area contributed by atoms with Crippen LogP contribution in [0.5, 0.6) is 0 Å². The molecule has 2 aromatic rings. The van der Waals surface area contributed by atoms with Crippen LogP contribution in [0.3, 0.4) is 0 Å². The van der Waals surface area contributed by atoms with E-state index < -0.39 is 21.3 Å². The maximum absolute atomic E-state index is 13.1. The van der Waals surface area contributed by atoms with Crippen LogP contribution >= 0.6 is 0 Å². The van der Waals surface area contributed by atoms with Gasteiger partial charge in [-0.1, -0.05) is 13.8 Å². The Morgan fingerprint density at radius 1 is 1.16 bits per heavy atom. The van der Waals surface area contributed by atoms with Crippen molar-refractivity contribution in [1.82, 2.24) is 14.3 Å². The highest BCUT2D eigenvalue weighted by atomic mass is 32.2. The van der Waals surface area contributed by atoms with Gasteiger partial charge in [-0.2, -0.15) is 4.31 Å². The first kappa shape index (κ1) is 19.4. The molecule has 0 aliphatic carbocycles. The summed E-state index contributed by atoms with van der Waals surface area (Å²) >= 11 is 0. The molecule has 0 unspecified atom stereocenters. The van der Waals surface area contributed by atoms with Gasteiger partial charge in [-0.3, -0.25) is 9.78 Å². The molecule has 0 bridgehead atoms. The molecule has 2 rings (SSSR count). The number of ether oxygens (including phenoxy) is 1. The molecule has 9 heteroatoms. The van der Waals surface area contributed by atoms with Crippen LogP contribution in [0.25, 0.3) is 10.9 Å². The first-order valence-corrected chi connectivity index (χ1v) is 9.56. The third-order valence-corrected chi connectivity index (χ3v) is 6.13. The largest absolute Gasteiger partial charge is 0.383 e. The zero-order valence-corrected chi connectivity index (χ0v) is 15.4. The highest BCUT2D eigenvalue weighted by Crippen LogP contribution is 2.23. The van der Waals surface area contributed by atoms with Gasteiger partial charge in [0, 0.05) is 19.7 Å². The highest BCUT2D eigenvalue weighted by Gasteiger charge is 2.29. The van der Waals surface area contributed by atoms with Gasteiger partial charge in [0.25, 0.3) is 5.56 Å². The number of H-pyrrole nitrogens is 2. The number of hydrogen-bond acceptors (Lipinski definition) is 5. The Morgan fingerprint density at radius 2 is 1.84 bits per heavy atom. The van der Waals surface area contributed by atoms with Gasteiger partial charge >= 0.3 is 5.69 Å². The number of nitrogens with one attached hydrogen (secondary N) is 2. The van der Waals surface area contributed by atoms with E-state index in [0.717, 1.165) is 0 Å². The second kappa shape index (κ2) is 7.94. The summed E-state index contributed by atoms with van der Waals surface area (Å²) in [4.78, 5) is 27.9. The van der Waals surface area contributed by atoms with Crippen LogP contribution in [0.4, 0.5) is 0 Å². The molecule has 1 aromatic carbocycles. The number of nitrogens with zero attached hydrogens (tertiary/aromatic N) is 1. The molecule has 0 saturated carbocycles. The lowest BCUT2D eigenvalue weighted by molar-refractivity contribution is 0.163. The van der Waals surface area contributed by atoms with Crippen LogP contribution in [-0.4, -0.2) is 49.0 Å². The van der Waals surface area contributed by atoms with E-state index in [-0.39, 0.29) is 29.5 Å². The molecule has 0 atom stereocenters. The normalized spacial score (nSPS) is 12.4. The summed E-state index contributed by atoms with van der Waals surface area (Å²) in [5.74, 6) is 0. The van der Waals surface area contributed by atoms with Gasteiger partial charge in [0.1, 0.15) is 0 Å². The summed E-state index contributed by atoms with van der Waals surface area (Å²) in [6.07, 6.45) is 1.34. The summed E-state index contributed by atoms with van der Waals surface area (Å²) in [5, 5.41) is 0.122. The van der Waals surface area contributed by atoms with Gasteiger partial charge < -0.3 is 9.72 Å². The molecule has 0 aliphatic rings. The highest BCUT2D eigenvalue weighted by molar-refractivity contribution is 7.89. The van der Waals surface area contributed by atoms with E-state index in [9.17, 15) is 18.0 Å². The topological polar surface area (TPSA) is 112 Å². The molecule has 1 heterocycles. The predicted octanol–water partition coefficient (Wildman–Crippen LogP) is 1.04. The minimum absolute atomic E-state index is 0.0144. The summed E-state index contributed by atoms with van der Waals surface area (Å²) in [6.45, 7) is 4.36. The Kier molecular flexibility index (Phi) is 6.15. The van der Waals surface area contributed by atoms with Gasteiger partial charge in [0.2, 0.25) is 10.0 Å². The van der Waals surface area contributed by atoms with Gasteiger partial charge in [-0.05, 0) is 31.0 Å². The number of aromatic amines is 2. The molecule has 0 amide bonds. The summed E-state index contributed by atoms with van der Waals surface area (Å²) in [5.41, 5.74) is -0.965. The van der Waals surface area contributed by atoms with Crippen molar-refractivity contribution < 1.29 is 13.2 Å². The van der Waals surface area contributed by atoms with E-state index in [1.165, 1.54) is 29.6 Å². The fraction of sp³-hybridized carbons (Fsp3) is 0.500. The quantitative estimate of drug-likeness (QED) is 0.722. The summed E-state index contributed by atoms with van der Waals surface area (Å²) < 4.78 is 32.7. The van der Waals surface area contributed by atoms with Crippen molar-refractivity contribution in [2.75, 3.05) is 20.3 Å². The third kappa shape index (κ3) is 4.00. The Hall–Kier alpha value is -1.97. The van der Waals surface area contributed by atoms with Gasteiger partial charge in [0.05, 0.1) is 22.4 Å². The average molecular weight is 369 g/mol. The zero-order valence-electron chi connectivity index (χ0n) is 14.5. The van der Waals surface area contributed by atoms with Crippen LogP contribution in [0.1, 0.15) is 26.7 Å². The first-order valence-electron chi connectivity index (χ1n) is 8.12. The van der Waals surface area contributed by atoms with Crippen molar-refractivity contribution in [2.45, 2.75) is 37.6 Å². The van der Waals surface area contributed by atoms with Crippen molar-refractivity contribution in [3.05, 3.63) is 39.0 Å². The monoisotopic (exact) mass is 369 g/mol. The average Bonchev–Trinajstić information content (AvgIpc) is 2.58. The lowest BCUT2D eigenvalue weighted by Gasteiger charge is -2.29. The van der Waals surface area contributed by atoms with E-state index in [0.29, 0.717) is 18.4 Å². The Balaban J connectivity index is 2.57. The van der Waals surface area contributed by atoms with E-state index >= 15 is 0 Å². The van der Waals surface area contributed by atoms with Crippen LogP contribution < -0.4 is 11.2 Å². The van der Waals surface area contributed by atoms with Gasteiger partial charge in [-0.15, -0.1) is 0 Å². The van der Waals surface area contributed by atoms with Gasteiger partial charge in [-0.25, -0.2) is 13.2 Å². The molecule has 1 aromatic heterocycles. The summed E-state index contributed by atoms with van der Waals surface area (Å²) in [6, 6.07) is 3.96. The minimum Gasteiger partial charge on any atom is -0.383 e. The van der Waals surface area contributed by atoms with Crippen molar-refractivity contribution in [2.24, 2.45) is 0 Å². The predicted molar refractivity (Wildman–Crippen MR) is 95.3 cm³/mol. The molecule has 0 fully saturated rings. The molecule has 8 nitrogen and oxygen atoms in total. The van der Waals surface area contributed by atoms with Crippen molar-refractivity contribution in [1.29, 1.82) is 0 Å². The lowest BCUT2D eigenvalue weighted by Crippen LogP contribution is -2.41. The molecule has 0 radical (unpaired) electrons. The Morgan fingerprint density at radius 3 is 2.44 bits per heavy atom. The third-order valence-electron chi connectivity index (χ3n) is 4.18. The summed E-state index contributed by atoms with van der Waals surface area (Å²) in [7, 11) is -2.29. The van der Waals surface area contributed by atoms with Crippen LogP contribution in [0.2, 0.25) is 0 Å². The molecular weight excluding hydrogens is 346 g/mol. The number of benzene rings is 1. The molecule has 0 spiro atoms. The van der Waals surface area contributed by atoms with E-state index in [4.69, 9.17) is 4.74 Å². The Labute approximate surface area is 145 Å². The van der Waals surface area contributed by atoms with Crippen LogP contribution in [-0.2, 0) is 14.8 Å². The smallest absolute Gasteiger partial charge is 0.326 e. The standard InChI is InChI=1S/C16H23N3O5S/c1-4-11(5-2)19(8-9-24-3)25(22,23)12-6-7-14-13(10-12)15(20)18-16(21)17-14/h6-7,10-11H,4-5,8-9H2,1-3H3,(H2,17,18,20,21). The van der Waals surface area contributed by atoms with E-state index in [1.807, 2.05) is 13.8 Å². The fourth-order valence-corrected chi connectivity index (χ4v) is 4.60. The fourth-order valence-electron chi connectivity index (χ4n) is 2.82. The molecule has 0 aliphatic heterocycles. The second-order valence-electron chi connectivity index (χ2n) is 5.69. The lowest BCUT2D eigenvalue weighted by atomic mass is 10.2. The molecule has 0 saturated heterocycles. The SMILES string of the molecule is CCC(CC)N(CCOC)S(=O)(=O)c1ccc2[nH]c(=O)[nH]c(=O)c2c1. The number of fused-ring (bicyclic) bond motifs is 1. The number of rotatable bonds is 8. The van der Waals surface area contributed by atoms with Crippen molar-refractivity contribution >= 4 is 20.9 Å². The Bertz CT molecular complexity index is 944. The number of sulfonamides is 1. The van der Waals surface area contributed by atoms with Crippen molar-refractivity contribution in [3.8, 4) is 0 Å². The zero-order chi connectivity index (χ0) is 18.6.